The van der Waals surface area contributed by atoms with Crippen molar-refractivity contribution >= 4 is 11.6 Å². The maximum Gasteiger partial charge on any atom is 0.224 e. The Bertz CT molecular complexity index is 1230. The minimum Gasteiger partial charge on any atom is -0.457 e. The summed E-state index contributed by atoms with van der Waals surface area (Å²) in [6.07, 6.45) is 4.39. The Hall–Kier alpha value is -4.12. The first-order valence-corrected chi connectivity index (χ1v) is 11.6. The average molecular weight is 450 g/mol. The van der Waals surface area contributed by atoms with Crippen molar-refractivity contribution in [2.24, 2.45) is 5.92 Å². The van der Waals surface area contributed by atoms with Crippen LogP contribution in [-0.2, 0) is 17.9 Å². The Kier molecular flexibility index (Phi) is 6.52. The summed E-state index contributed by atoms with van der Waals surface area (Å²) in [6.45, 7) is 1.25. The van der Waals surface area contributed by atoms with E-state index in [4.69, 9.17) is 4.74 Å². The quantitative estimate of drug-likeness (QED) is 0.334. The van der Waals surface area contributed by atoms with Crippen LogP contribution in [0.2, 0.25) is 0 Å². The lowest BCUT2D eigenvalue weighted by atomic mass is 10.1. The van der Waals surface area contributed by atoms with E-state index in [-0.39, 0.29) is 11.8 Å². The first kappa shape index (κ1) is 21.7. The van der Waals surface area contributed by atoms with Gasteiger partial charge in [-0.2, -0.15) is 0 Å². The number of carbonyl (C=O) groups is 1. The molecule has 3 aromatic carbocycles. The molecule has 0 spiro atoms. The smallest absolute Gasteiger partial charge is 0.224 e. The van der Waals surface area contributed by atoms with Crippen molar-refractivity contribution in [3.63, 3.8) is 0 Å². The van der Waals surface area contributed by atoms with Gasteiger partial charge < -0.3 is 15.4 Å². The van der Waals surface area contributed by atoms with Crippen molar-refractivity contribution in [1.82, 2.24) is 10.3 Å². The van der Waals surface area contributed by atoms with Crippen LogP contribution in [0.5, 0.6) is 11.5 Å². The molecule has 5 rings (SSSR count). The summed E-state index contributed by atoms with van der Waals surface area (Å²) in [7, 11) is 0. The van der Waals surface area contributed by atoms with Crippen molar-refractivity contribution in [3.8, 4) is 11.5 Å². The third-order valence-corrected chi connectivity index (χ3v) is 6.06. The van der Waals surface area contributed by atoms with Gasteiger partial charge in [-0.3, -0.25) is 9.78 Å². The van der Waals surface area contributed by atoms with E-state index in [1.54, 1.807) is 12.4 Å². The number of nitrogens with zero attached hydrogens (tertiary/aromatic N) is 1. The summed E-state index contributed by atoms with van der Waals surface area (Å²) in [4.78, 5) is 16.5. The fraction of sp³-hybridized carbons (Fsp3) is 0.172. The fourth-order valence-electron chi connectivity index (χ4n) is 4.07. The standard InChI is InChI=1S/C29H27N3O2/c33-29(32-19-21-13-15-30-16-14-21)28-18-27(28)23-9-11-24(12-10-23)31-20-22-5-4-8-26(17-22)34-25-6-2-1-3-7-25/h1-17,27-28,31H,18-20H2,(H,32,33)/t27-,28+/m1/s1. The van der Waals surface area contributed by atoms with E-state index < -0.39 is 0 Å². The van der Waals surface area contributed by atoms with Crippen molar-refractivity contribution in [3.05, 3.63) is 120 Å². The van der Waals surface area contributed by atoms with Crippen LogP contribution in [0.1, 0.15) is 29.0 Å². The summed E-state index contributed by atoms with van der Waals surface area (Å²) < 4.78 is 5.93. The number of para-hydroxylation sites is 1. The van der Waals surface area contributed by atoms with Crippen LogP contribution in [0.15, 0.2) is 103 Å². The maximum atomic E-state index is 12.5. The van der Waals surface area contributed by atoms with E-state index in [9.17, 15) is 4.79 Å². The SMILES string of the molecule is O=C(NCc1ccncc1)[C@H]1C[C@@H]1c1ccc(NCc2cccc(Oc3ccccc3)c2)cc1. The number of rotatable bonds is 9. The van der Waals surface area contributed by atoms with E-state index >= 15 is 0 Å². The summed E-state index contributed by atoms with van der Waals surface area (Å²) in [6, 6.07) is 30.1. The molecule has 0 saturated heterocycles. The van der Waals surface area contributed by atoms with Gasteiger partial charge in [0.1, 0.15) is 11.5 Å². The molecule has 4 aromatic rings. The monoisotopic (exact) mass is 449 g/mol. The van der Waals surface area contributed by atoms with Crippen molar-refractivity contribution in [1.29, 1.82) is 0 Å². The lowest BCUT2D eigenvalue weighted by Crippen LogP contribution is -2.24. The molecule has 0 bridgehead atoms. The van der Waals surface area contributed by atoms with Crippen LogP contribution in [0.3, 0.4) is 0 Å². The van der Waals surface area contributed by atoms with Crippen molar-refractivity contribution in [2.45, 2.75) is 25.4 Å². The van der Waals surface area contributed by atoms with E-state index in [2.05, 4.69) is 45.9 Å². The van der Waals surface area contributed by atoms with Gasteiger partial charge in [-0.15, -0.1) is 0 Å². The predicted octanol–water partition coefficient (Wildman–Crippen LogP) is 5.91. The van der Waals surface area contributed by atoms with Gasteiger partial charge in [0.15, 0.2) is 0 Å². The average Bonchev–Trinajstić information content (AvgIpc) is 3.69. The van der Waals surface area contributed by atoms with Gasteiger partial charge in [0, 0.05) is 37.1 Å². The molecule has 1 fully saturated rings. The molecule has 1 heterocycles. The van der Waals surface area contributed by atoms with E-state index in [1.807, 2.05) is 60.7 Å². The molecule has 5 heteroatoms. The summed E-state index contributed by atoms with van der Waals surface area (Å²) in [5.74, 6) is 2.14. The van der Waals surface area contributed by atoms with Gasteiger partial charge in [0.25, 0.3) is 0 Å². The molecule has 1 aromatic heterocycles. The summed E-state index contributed by atoms with van der Waals surface area (Å²) in [5.41, 5.74) is 4.48. The van der Waals surface area contributed by atoms with E-state index in [1.165, 1.54) is 5.56 Å². The second-order valence-corrected chi connectivity index (χ2v) is 8.56. The number of ether oxygens (including phenoxy) is 1. The molecule has 170 valence electrons. The maximum absolute atomic E-state index is 12.5. The molecule has 1 saturated carbocycles. The highest BCUT2D eigenvalue weighted by Gasteiger charge is 2.43. The molecule has 2 atom stereocenters. The third-order valence-electron chi connectivity index (χ3n) is 6.06. The van der Waals surface area contributed by atoms with Gasteiger partial charge in [0.05, 0.1) is 0 Å². The number of nitrogens with one attached hydrogen (secondary N) is 2. The number of anilines is 1. The molecule has 1 aliphatic carbocycles. The Morgan fingerprint density at radius 3 is 2.38 bits per heavy atom. The van der Waals surface area contributed by atoms with Crippen LogP contribution in [0, 0.1) is 5.92 Å². The molecule has 2 N–H and O–H groups in total. The zero-order valence-corrected chi connectivity index (χ0v) is 18.9. The first-order chi connectivity index (χ1) is 16.7. The molecule has 1 amide bonds. The Morgan fingerprint density at radius 2 is 1.59 bits per heavy atom. The molecule has 1 aliphatic rings. The topological polar surface area (TPSA) is 63.2 Å². The van der Waals surface area contributed by atoms with Gasteiger partial charge in [0.2, 0.25) is 5.91 Å². The highest BCUT2D eigenvalue weighted by molar-refractivity contribution is 5.82. The number of pyridine rings is 1. The number of benzene rings is 3. The van der Waals surface area contributed by atoms with E-state index in [0.717, 1.165) is 34.7 Å². The van der Waals surface area contributed by atoms with Gasteiger partial charge >= 0.3 is 0 Å². The van der Waals surface area contributed by atoms with Gasteiger partial charge in [-0.05, 0) is 77.6 Å². The molecule has 0 unspecified atom stereocenters. The number of hydrogen-bond donors (Lipinski definition) is 2. The van der Waals surface area contributed by atoms with E-state index in [0.29, 0.717) is 19.0 Å². The summed E-state index contributed by atoms with van der Waals surface area (Å²) >= 11 is 0. The first-order valence-electron chi connectivity index (χ1n) is 11.6. The molecular formula is C29H27N3O2. The lowest BCUT2D eigenvalue weighted by Gasteiger charge is -2.10. The molecule has 0 radical (unpaired) electrons. The lowest BCUT2D eigenvalue weighted by molar-refractivity contribution is -0.122. The molecule has 34 heavy (non-hydrogen) atoms. The number of amides is 1. The largest absolute Gasteiger partial charge is 0.457 e. The normalized spacial score (nSPS) is 16.5. The van der Waals surface area contributed by atoms with Crippen LogP contribution >= 0.6 is 0 Å². The minimum atomic E-state index is 0.0630. The Morgan fingerprint density at radius 1 is 0.824 bits per heavy atom. The minimum absolute atomic E-state index is 0.0630. The van der Waals surface area contributed by atoms with Crippen molar-refractivity contribution in [2.75, 3.05) is 5.32 Å². The molecule has 0 aliphatic heterocycles. The fourth-order valence-corrected chi connectivity index (χ4v) is 4.07. The zero-order valence-electron chi connectivity index (χ0n) is 18.9. The number of aromatic nitrogens is 1. The van der Waals surface area contributed by atoms with Crippen molar-refractivity contribution < 1.29 is 9.53 Å². The summed E-state index contributed by atoms with van der Waals surface area (Å²) in [5, 5.41) is 6.51. The van der Waals surface area contributed by atoms with Crippen LogP contribution in [-0.4, -0.2) is 10.9 Å². The third kappa shape index (κ3) is 5.62. The van der Waals surface area contributed by atoms with Crippen LogP contribution in [0.25, 0.3) is 0 Å². The number of hydrogen-bond acceptors (Lipinski definition) is 4. The highest BCUT2D eigenvalue weighted by Crippen LogP contribution is 2.47. The second kappa shape index (κ2) is 10.2. The van der Waals surface area contributed by atoms with Crippen LogP contribution in [0.4, 0.5) is 5.69 Å². The second-order valence-electron chi connectivity index (χ2n) is 8.56. The number of carbonyl (C=O) groups excluding carboxylic acids is 1. The predicted molar refractivity (Wildman–Crippen MR) is 134 cm³/mol. The Labute approximate surface area is 199 Å². The van der Waals surface area contributed by atoms with Crippen LogP contribution < -0.4 is 15.4 Å². The molecular weight excluding hydrogens is 422 g/mol. The highest BCUT2D eigenvalue weighted by atomic mass is 16.5. The molecule has 5 nitrogen and oxygen atoms in total. The van der Waals surface area contributed by atoms with Gasteiger partial charge in [-0.1, -0.05) is 42.5 Å². The Balaban J connectivity index is 1.11. The van der Waals surface area contributed by atoms with Gasteiger partial charge in [-0.25, -0.2) is 0 Å². The zero-order chi connectivity index (χ0) is 23.2.